The average Bonchev–Trinajstić information content (AvgIpc) is 3.14. The zero-order chi connectivity index (χ0) is 11.5. The highest BCUT2D eigenvalue weighted by molar-refractivity contribution is 4.90. The van der Waals surface area contributed by atoms with Gasteiger partial charge in [0, 0.05) is 7.11 Å². The van der Waals surface area contributed by atoms with Gasteiger partial charge in [0.15, 0.2) is 0 Å². The second-order valence-corrected chi connectivity index (χ2v) is 5.72. The molecule has 0 aromatic heterocycles. The lowest BCUT2D eigenvalue weighted by molar-refractivity contribution is -0.0623. The minimum absolute atomic E-state index is 0.114. The van der Waals surface area contributed by atoms with E-state index in [-0.39, 0.29) is 12.2 Å². The summed E-state index contributed by atoms with van der Waals surface area (Å²) >= 11 is 0. The van der Waals surface area contributed by atoms with Crippen LogP contribution in [0.5, 0.6) is 0 Å². The third kappa shape index (κ3) is 2.78. The van der Waals surface area contributed by atoms with Gasteiger partial charge in [-0.1, -0.05) is 26.2 Å². The van der Waals surface area contributed by atoms with Crippen molar-refractivity contribution in [2.75, 3.05) is 7.11 Å². The van der Waals surface area contributed by atoms with Crippen molar-refractivity contribution in [3.63, 3.8) is 0 Å². The molecular weight excluding hydrogens is 200 g/mol. The van der Waals surface area contributed by atoms with E-state index < -0.39 is 0 Å². The van der Waals surface area contributed by atoms with E-state index in [9.17, 15) is 5.11 Å². The lowest BCUT2D eigenvalue weighted by atomic mass is 9.77. The molecule has 2 aliphatic carbocycles. The molecule has 0 aromatic carbocycles. The third-order valence-corrected chi connectivity index (χ3v) is 4.65. The largest absolute Gasteiger partial charge is 0.390 e. The highest BCUT2D eigenvalue weighted by Crippen LogP contribution is 2.40. The summed E-state index contributed by atoms with van der Waals surface area (Å²) in [6.45, 7) is 2.28. The molecule has 2 nitrogen and oxygen atoms in total. The Labute approximate surface area is 99.4 Å². The van der Waals surface area contributed by atoms with E-state index in [1.54, 1.807) is 7.11 Å². The highest BCUT2D eigenvalue weighted by atomic mass is 16.5. The molecule has 2 heteroatoms. The zero-order valence-corrected chi connectivity index (χ0v) is 10.7. The van der Waals surface area contributed by atoms with Crippen molar-refractivity contribution in [1.82, 2.24) is 0 Å². The first-order valence-corrected chi connectivity index (χ1v) is 6.97. The van der Waals surface area contributed by atoms with Crippen LogP contribution in [0.2, 0.25) is 0 Å². The van der Waals surface area contributed by atoms with Gasteiger partial charge in [-0.15, -0.1) is 0 Å². The van der Waals surface area contributed by atoms with Crippen molar-refractivity contribution in [1.29, 1.82) is 0 Å². The van der Waals surface area contributed by atoms with Gasteiger partial charge in [0.1, 0.15) is 0 Å². The minimum atomic E-state index is -0.213. The molecule has 0 aromatic rings. The lowest BCUT2D eigenvalue weighted by Gasteiger charge is -2.34. The highest BCUT2D eigenvalue weighted by Gasteiger charge is 2.40. The second-order valence-electron chi connectivity index (χ2n) is 5.72. The van der Waals surface area contributed by atoms with E-state index in [1.807, 2.05) is 0 Å². The molecule has 1 N–H and O–H groups in total. The fourth-order valence-corrected chi connectivity index (χ4v) is 3.24. The van der Waals surface area contributed by atoms with Crippen LogP contribution < -0.4 is 0 Å². The maximum Gasteiger partial charge on any atom is 0.0860 e. The maximum absolute atomic E-state index is 10.4. The normalized spacial score (nSPS) is 34.7. The van der Waals surface area contributed by atoms with Crippen molar-refractivity contribution in [3.8, 4) is 0 Å². The van der Waals surface area contributed by atoms with Gasteiger partial charge < -0.3 is 9.84 Å². The van der Waals surface area contributed by atoms with E-state index in [4.69, 9.17) is 4.74 Å². The van der Waals surface area contributed by atoms with Crippen molar-refractivity contribution in [2.45, 2.75) is 64.1 Å². The smallest absolute Gasteiger partial charge is 0.0860 e. The zero-order valence-electron chi connectivity index (χ0n) is 10.7. The molecule has 16 heavy (non-hydrogen) atoms. The van der Waals surface area contributed by atoms with E-state index in [2.05, 4.69) is 6.92 Å². The summed E-state index contributed by atoms with van der Waals surface area (Å²) in [5.41, 5.74) is 0. The summed E-state index contributed by atoms with van der Waals surface area (Å²) in [7, 11) is 1.75. The summed E-state index contributed by atoms with van der Waals surface area (Å²) in [5.74, 6) is 2.04. The van der Waals surface area contributed by atoms with Crippen LogP contribution in [0.1, 0.15) is 51.9 Å². The van der Waals surface area contributed by atoms with E-state index in [0.717, 1.165) is 5.92 Å². The SMILES string of the molecule is CCC1CCC(C(O)C(OC)C2CC2)CC1. The first kappa shape index (κ1) is 12.4. The topological polar surface area (TPSA) is 29.5 Å². The van der Waals surface area contributed by atoms with Gasteiger partial charge in [-0.3, -0.25) is 0 Å². The van der Waals surface area contributed by atoms with Crippen molar-refractivity contribution < 1.29 is 9.84 Å². The van der Waals surface area contributed by atoms with Crippen LogP contribution in [0, 0.1) is 17.8 Å². The summed E-state index contributed by atoms with van der Waals surface area (Å²) in [6.07, 6.45) is 8.72. The number of aliphatic hydroxyl groups excluding tert-OH is 1. The monoisotopic (exact) mass is 226 g/mol. The van der Waals surface area contributed by atoms with Crippen molar-refractivity contribution in [3.05, 3.63) is 0 Å². The van der Waals surface area contributed by atoms with Gasteiger partial charge in [0.25, 0.3) is 0 Å². The minimum Gasteiger partial charge on any atom is -0.390 e. The first-order valence-electron chi connectivity index (χ1n) is 6.97. The summed E-state index contributed by atoms with van der Waals surface area (Å²) in [4.78, 5) is 0. The number of hydrogen-bond acceptors (Lipinski definition) is 2. The van der Waals surface area contributed by atoms with E-state index in [1.165, 1.54) is 44.9 Å². The summed E-state index contributed by atoms with van der Waals surface area (Å²) < 4.78 is 5.49. The van der Waals surface area contributed by atoms with Gasteiger partial charge in [0.2, 0.25) is 0 Å². The second kappa shape index (κ2) is 5.50. The number of rotatable bonds is 5. The summed E-state index contributed by atoms with van der Waals surface area (Å²) in [5, 5.41) is 10.4. The third-order valence-electron chi connectivity index (χ3n) is 4.65. The molecule has 2 saturated carbocycles. The Morgan fingerprint density at radius 2 is 1.62 bits per heavy atom. The molecule has 2 unspecified atom stereocenters. The van der Waals surface area contributed by atoms with Crippen molar-refractivity contribution in [2.24, 2.45) is 17.8 Å². The van der Waals surface area contributed by atoms with E-state index in [0.29, 0.717) is 11.8 Å². The molecule has 94 valence electrons. The van der Waals surface area contributed by atoms with Gasteiger partial charge in [-0.25, -0.2) is 0 Å². The van der Waals surface area contributed by atoms with Crippen LogP contribution in [0.4, 0.5) is 0 Å². The Bertz CT molecular complexity index is 205. The molecule has 2 aliphatic rings. The van der Waals surface area contributed by atoms with Gasteiger partial charge in [-0.05, 0) is 43.4 Å². The Balaban J connectivity index is 1.82. The van der Waals surface area contributed by atoms with Gasteiger partial charge in [0.05, 0.1) is 12.2 Å². The fraction of sp³-hybridized carbons (Fsp3) is 1.00. The molecule has 0 bridgehead atoms. The van der Waals surface area contributed by atoms with Crippen molar-refractivity contribution >= 4 is 0 Å². The average molecular weight is 226 g/mol. The van der Waals surface area contributed by atoms with Crippen LogP contribution in [0.25, 0.3) is 0 Å². The van der Waals surface area contributed by atoms with Gasteiger partial charge >= 0.3 is 0 Å². The van der Waals surface area contributed by atoms with Crippen LogP contribution >= 0.6 is 0 Å². The molecular formula is C14H26O2. The number of methoxy groups -OCH3 is 1. The Hall–Kier alpha value is -0.0800. The Kier molecular flexibility index (Phi) is 4.26. The molecule has 0 radical (unpaired) electrons. The Morgan fingerprint density at radius 3 is 2.06 bits per heavy atom. The van der Waals surface area contributed by atoms with Gasteiger partial charge in [-0.2, -0.15) is 0 Å². The molecule has 0 heterocycles. The van der Waals surface area contributed by atoms with Crippen LogP contribution in [-0.2, 0) is 4.74 Å². The lowest BCUT2D eigenvalue weighted by Crippen LogP contribution is -2.38. The number of hydrogen-bond donors (Lipinski definition) is 1. The number of ether oxygens (including phenoxy) is 1. The van der Waals surface area contributed by atoms with Crippen LogP contribution in [-0.4, -0.2) is 24.4 Å². The predicted octanol–water partition coefficient (Wildman–Crippen LogP) is 2.99. The number of aliphatic hydroxyl groups is 1. The Morgan fingerprint density at radius 1 is 1.06 bits per heavy atom. The standard InChI is InChI=1S/C14H26O2/c1-3-10-4-6-11(7-5-10)13(15)14(16-2)12-8-9-12/h10-15H,3-9H2,1-2H3. The first-order chi connectivity index (χ1) is 7.76. The molecule has 0 amide bonds. The quantitative estimate of drug-likeness (QED) is 0.781. The molecule has 0 saturated heterocycles. The molecule has 2 atom stereocenters. The fourth-order valence-electron chi connectivity index (χ4n) is 3.24. The van der Waals surface area contributed by atoms with Crippen LogP contribution in [0.3, 0.4) is 0 Å². The molecule has 0 aliphatic heterocycles. The molecule has 2 rings (SSSR count). The van der Waals surface area contributed by atoms with E-state index >= 15 is 0 Å². The predicted molar refractivity (Wildman–Crippen MR) is 65.3 cm³/mol. The molecule has 0 spiro atoms. The molecule has 2 fully saturated rings. The van der Waals surface area contributed by atoms with Crippen LogP contribution in [0.15, 0.2) is 0 Å². The summed E-state index contributed by atoms with van der Waals surface area (Å²) in [6, 6.07) is 0. The maximum atomic E-state index is 10.4.